The van der Waals surface area contributed by atoms with Crippen LogP contribution < -0.4 is 10.2 Å². The lowest BCUT2D eigenvalue weighted by atomic mass is 10.1. The number of hydrogen-bond acceptors (Lipinski definition) is 5. The van der Waals surface area contributed by atoms with Crippen LogP contribution in [0.5, 0.6) is 0 Å². The third-order valence-corrected chi connectivity index (χ3v) is 5.03. The molecule has 0 saturated carbocycles. The number of anilines is 2. The van der Waals surface area contributed by atoms with E-state index in [0.29, 0.717) is 28.4 Å². The van der Waals surface area contributed by atoms with Gasteiger partial charge in [0.05, 0.1) is 25.5 Å². The summed E-state index contributed by atoms with van der Waals surface area (Å²) in [6.07, 6.45) is 4.79. The first-order chi connectivity index (χ1) is 14.4. The first-order valence-corrected chi connectivity index (χ1v) is 9.33. The van der Waals surface area contributed by atoms with Crippen LogP contribution in [-0.2, 0) is 0 Å². The van der Waals surface area contributed by atoms with Crippen LogP contribution in [0.3, 0.4) is 0 Å². The summed E-state index contributed by atoms with van der Waals surface area (Å²) in [5.74, 6) is -2.56. The van der Waals surface area contributed by atoms with Gasteiger partial charge < -0.3 is 14.6 Å². The Morgan fingerprint density at radius 3 is 2.80 bits per heavy atom. The fourth-order valence-corrected chi connectivity index (χ4v) is 3.39. The summed E-state index contributed by atoms with van der Waals surface area (Å²) in [5.41, 5.74) is 3.25. The number of aromatic nitrogens is 3. The molecule has 1 amide bonds. The molecule has 0 unspecified atom stereocenters. The second kappa shape index (κ2) is 6.65. The van der Waals surface area contributed by atoms with E-state index < -0.39 is 19.0 Å². The van der Waals surface area contributed by atoms with Gasteiger partial charge in [-0.05, 0) is 30.7 Å². The molecule has 3 aromatic heterocycles. The second-order valence-electron chi connectivity index (χ2n) is 7.28. The van der Waals surface area contributed by atoms with Gasteiger partial charge in [-0.3, -0.25) is 9.20 Å². The van der Waals surface area contributed by atoms with Crippen LogP contribution in [0.4, 0.5) is 20.5 Å². The molecule has 4 heterocycles. The van der Waals surface area contributed by atoms with Crippen LogP contribution in [0, 0.1) is 6.92 Å². The van der Waals surface area contributed by atoms with Gasteiger partial charge in [-0.1, -0.05) is 18.2 Å². The average Bonchev–Trinajstić information content (AvgIpc) is 3.35. The maximum absolute atomic E-state index is 13.1. The van der Waals surface area contributed by atoms with Gasteiger partial charge in [-0.2, -0.15) is 0 Å². The van der Waals surface area contributed by atoms with Gasteiger partial charge in [0.2, 0.25) is 0 Å². The zero-order chi connectivity index (χ0) is 20.9. The highest BCUT2D eigenvalue weighted by Gasteiger charge is 2.45. The summed E-state index contributed by atoms with van der Waals surface area (Å²) >= 11 is 0. The molecule has 4 aromatic rings. The minimum atomic E-state index is -2.70. The molecule has 1 aliphatic heterocycles. The predicted molar refractivity (Wildman–Crippen MR) is 107 cm³/mol. The molecule has 1 fully saturated rings. The Kier molecular flexibility index (Phi) is 4.05. The number of halogens is 2. The number of alkyl halides is 2. The second-order valence-corrected chi connectivity index (χ2v) is 7.28. The number of fused-ring (bicyclic) bond motifs is 1. The van der Waals surface area contributed by atoms with Crippen molar-refractivity contribution in [3.8, 4) is 11.3 Å². The van der Waals surface area contributed by atoms with Crippen molar-refractivity contribution >= 4 is 23.3 Å². The molecule has 1 N–H and O–H groups in total. The number of carbonyl (C=O) groups excluding carboxylic acids is 1. The molecule has 1 aromatic carbocycles. The van der Waals surface area contributed by atoms with Crippen LogP contribution >= 0.6 is 0 Å². The molecule has 0 spiro atoms. The number of rotatable bonds is 4. The lowest BCUT2D eigenvalue weighted by Crippen LogP contribution is -2.56. The zero-order valence-corrected chi connectivity index (χ0v) is 16.0. The number of carbonyl (C=O) groups is 1. The molecule has 0 bridgehead atoms. The maximum Gasteiger partial charge on any atom is 0.298 e. The maximum atomic E-state index is 13.1. The Labute approximate surface area is 170 Å². The Hall–Kier alpha value is -3.75. The zero-order valence-electron chi connectivity index (χ0n) is 16.0. The van der Waals surface area contributed by atoms with Crippen LogP contribution in [0.2, 0.25) is 0 Å². The van der Waals surface area contributed by atoms with E-state index in [4.69, 9.17) is 4.42 Å². The summed E-state index contributed by atoms with van der Waals surface area (Å²) < 4.78 is 33.5. The topological polar surface area (TPSA) is 75.7 Å². The molecule has 1 saturated heterocycles. The molecule has 0 radical (unpaired) electrons. The lowest BCUT2D eigenvalue weighted by molar-refractivity contribution is -0.0288. The van der Waals surface area contributed by atoms with Gasteiger partial charge in [0, 0.05) is 17.4 Å². The van der Waals surface area contributed by atoms with E-state index in [1.54, 1.807) is 16.7 Å². The minimum absolute atomic E-state index is 0.160. The number of pyridine rings is 1. The molecule has 152 valence electrons. The van der Waals surface area contributed by atoms with E-state index in [1.807, 2.05) is 37.3 Å². The predicted octanol–water partition coefficient (Wildman–Crippen LogP) is 4.01. The van der Waals surface area contributed by atoms with E-state index in [0.717, 1.165) is 5.56 Å². The van der Waals surface area contributed by atoms with Gasteiger partial charge in [0.1, 0.15) is 11.3 Å². The van der Waals surface area contributed by atoms with Crippen LogP contribution in [-0.4, -0.2) is 39.3 Å². The highest BCUT2D eigenvalue weighted by Crippen LogP contribution is 2.34. The normalized spacial score (nSPS) is 15.2. The van der Waals surface area contributed by atoms with Gasteiger partial charge >= 0.3 is 0 Å². The molecular formula is C21H17F2N5O2. The van der Waals surface area contributed by atoms with Crippen molar-refractivity contribution < 1.29 is 18.0 Å². The summed E-state index contributed by atoms with van der Waals surface area (Å²) in [7, 11) is 0. The average molecular weight is 409 g/mol. The van der Waals surface area contributed by atoms with Gasteiger partial charge in [-0.15, -0.1) is 0 Å². The number of oxazole rings is 1. The number of amides is 1. The SMILES string of the molecule is Cc1ccc(-c2cnc(N3CC(F)(F)C3)o2)cc1NC(=O)c1cnc2ccccn12. The van der Waals surface area contributed by atoms with E-state index in [-0.39, 0.29) is 11.9 Å². The van der Waals surface area contributed by atoms with E-state index in [1.165, 1.54) is 17.3 Å². The van der Waals surface area contributed by atoms with Crippen molar-refractivity contribution in [3.05, 3.63) is 66.2 Å². The minimum Gasteiger partial charge on any atom is -0.423 e. The molecule has 9 heteroatoms. The Bertz CT molecular complexity index is 1260. The first kappa shape index (κ1) is 18.3. The number of nitrogens with one attached hydrogen (secondary N) is 1. The van der Waals surface area contributed by atoms with Crippen molar-refractivity contribution in [1.82, 2.24) is 14.4 Å². The number of benzene rings is 1. The number of nitrogens with zero attached hydrogens (tertiary/aromatic N) is 4. The van der Waals surface area contributed by atoms with Crippen molar-refractivity contribution in [3.63, 3.8) is 0 Å². The molecule has 7 nitrogen and oxygen atoms in total. The van der Waals surface area contributed by atoms with Gasteiger partial charge in [0.25, 0.3) is 17.8 Å². The largest absolute Gasteiger partial charge is 0.423 e. The third kappa shape index (κ3) is 3.18. The fourth-order valence-electron chi connectivity index (χ4n) is 3.39. The number of hydrogen-bond donors (Lipinski definition) is 1. The smallest absolute Gasteiger partial charge is 0.298 e. The monoisotopic (exact) mass is 409 g/mol. The molecule has 0 aliphatic carbocycles. The molecule has 0 atom stereocenters. The highest BCUT2D eigenvalue weighted by molar-refractivity contribution is 6.04. The quantitative estimate of drug-likeness (QED) is 0.551. The number of aryl methyl sites for hydroxylation is 1. The third-order valence-electron chi connectivity index (χ3n) is 5.03. The van der Waals surface area contributed by atoms with E-state index in [9.17, 15) is 13.6 Å². The number of imidazole rings is 1. The Balaban J connectivity index is 1.39. The van der Waals surface area contributed by atoms with E-state index >= 15 is 0 Å². The standard InChI is InChI=1S/C21H17F2N5O2/c1-13-5-6-14(17-10-25-20(30-17)27-11-21(22,23)12-27)8-15(13)26-19(29)16-9-24-18-4-2-3-7-28(16)18/h2-10H,11-12H2,1H3,(H,26,29). The highest BCUT2D eigenvalue weighted by atomic mass is 19.3. The van der Waals surface area contributed by atoms with Crippen LogP contribution in [0.25, 0.3) is 17.0 Å². The van der Waals surface area contributed by atoms with Gasteiger partial charge in [0.15, 0.2) is 5.76 Å². The summed E-state index contributed by atoms with van der Waals surface area (Å²) in [6, 6.07) is 11.1. The van der Waals surface area contributed by atoms with E-state index in [2.05, 4.69) is 15.3 Å². The van der Waals surface area contributed by atoms with Crippen molar-refractivity contribution in [1.29, 1.82) is 0 Å². The lowest BCUT2D eigenvalue weighted by Gasteiger charge is -2.37. The summed E-state index contributed by atoms with van der Waals surface area (Å²) in [4.78, 5) is 22.5. The molecule has 5 rings (SSSR count). The molecular weight excluding hydrogens is 392 g/mol. The first-order valence-electron chi connectivity index (χ1n) is 9.33. The van der Waals surface area contributed by atoms with Crippen molar-refractivity contribution in [2.24, 2.45) is 0 Å². The van der Waals surface area contributed by atoms with Gasteiger partial charge in [-0.25, -0.2) is 18.7 Å². The Morgan fingerprint density at radius 1 is 1.17 bits per heavy atom. The molecule has 30 heavy (non-hydrogen) atoms. The summed E-state index contributed by atoms with van der Waals surface area (Å²) in [5, 5.41) is 2.91. The Morgan fingerprint density at radius 2 is 2.00 bits per heavy atom. The summed E-state index contributed by atoms with van der Waals surface area (Å²) in [6.45, 7) is 1.07. The van der Waals surface area contributed by atoms with Crippen LogP contribution in [0.1, 0.15) is 16.1 Å². The van der Waals surface area contributed by atoms with Crippen molar-refractivity contribution in [2.45, 2.75) is 12.8 Å². The van der Waals surface area contributed by atoms with Crippen LogP contribution in [0.15, 0.2) is 59.4 Å². The fraction of sp³-hybridized carbons (Fsp3) is 0.190. The van der Waals surface area contributed by atoms with Crippen molar-refractivity contribution in [2.75, 3.05) is 23.3 Å². The molecule has 1 aliphatic rings.